The predicted molar refractivity (Wildman–Crippen MR) is 108 cm³/mol. The number of aromatic nitrogens is 2. The number of methoxy groups -OCH3 is 1. The molecule has 1 saturated heterocycles. The SMILES string of the molecule is COc1ccccc1N1CCC(NC(=O)c2nc3ccccc3c(=O)[nH]2)CC1. The predicted octanol–water partition coefficient (Wildman–Crippen LogP) is 2.33. The highest BCUT2D eigenvalue weighted by atomic mass is 16.5. The van der Waals surface area contributed by atoms with Crippen LogP contribution in [0, 0.1) is 0 Å². The summed E-state index contributed by atoms with van der Waals surface area (Å²) >= 11 is 0. The van der Waals surface area contributed by atoms with Gasteiger partial charge in [-0.15, -0.1) is 0 Å². The minimum absolute atomic E-state index is 0.0372. The number of piperidine rings is 1. The number of amides is 1. The topological polar surface area (TPSA) is 87.3 Å². The number of aromatic amines is 1. The Morgan fingerprint density at radius 3 is 2.64 bits per heavy atom. The molecular formula is C21H22N4O3. The van der Waals surface area contributed by atoms with Gasteiger partial charge < -0.3 is 19.9 Å². The molecule has 2 N–H and O–H groups in total. The van der Waals surface area contributed by atoms with Gasteiger partial charge in [0.05, 0.1) is 23.7 Å². The zero-order chi connectivity index (χ0) is 19.5. The highest BCUT2D eigenvalue weighted by molar-refractivity contribution is 5.92. The number of hydrogen-bond donors (Lipinski definition) is 2. The third kappa shape index (κ3) is 3.55. The summed E-state index contributed by atoms with van der Waals surface area (Å²) < 4.78 is 5.44. The molecule has 2 heterocycles. The Morgan fingerprint density at radius 2 is 1.86 bits per heavy atom. The smallest absolute Gasteiger partial charge is 0.287 e. The first-order chi connectivity index (χ1) is 13.7. The lowest BCUT2D eigenvalue weighted by molar-refractivity contribution is 0.0920. The molecule has 0 radical (unpaired) electrons. The van der Waals surface area contributed by atoms with Crippen molar-refractivity contribution in [1.29, 1.82) is 0 Å². The fraction of sp³-hybridized carbons (Fsp3) is 0.286. The molecule has 1 aliphatic heterocycles. The monoisotopic (exact) mass is 378 g/mol. The van der Waals surface area contributed by atoms with Crippen LogP contribution in [0.25, 0.3) is 10.9 Å². The largest absolute Gasteiger partial charge is 0.495 e. The van der Waals surface area contributed by atoms with Gasteiger partial charge in [0, 0.05) is 19.1 Å². The van der Waals surface area contributed by atoms with Crippen molar-refractivity contribution in [2.45, 2.75) is 18.9 Å². The van der Waals surface area contributed by atoms with Gasteiger partial charge in [-0.3, -0.25) is 9.59 Å². The number of para-hydroxylation sites is 3. The first-order valence-electron chi connectivity index (χ1n) is 9.33. The van der Waals surface area contributed by atoms with Crippen molar-refractivity contribution >= 4 is 22.5 Å². The zero-order valence-corrected chi connectivity index (χ0v) is 15.6. The summed E-state index contributed by atoms with van der Waals surface area (Å²) in [7, 11) is 1.67. The molecule has 28 heavy (non-hydrogen) atoms. The van der Waals surface area contributed by atoms with Gasteiger partial charge in [0.15, 0.2) is 5.82 Å². The number of benzene rings is 2. The summed E-state index contributed by atoms with van der Waals surface area (Å²) in [6.45, 7) is 1.62. The molecule has 2 aromatic carbocycles. The lowest BCUT2D eigenvalue weighted by Gasteiger charge is -2.34. The molecule has 144 valence electrons. The zero-order valence-electron chi connectivity index (χ0n) is 15.6. The molecular weight excluding hydrogens is 356 g/mol. The summed E-state index contributed by atoms with van der Waals surface area (Å²) in [6, 6.07) is 15.0. The Morgan fingerprint density at radius 1 is 1.14 bits per heavy atom. The molecule has 4 rings (SSSR count). The summed E-state index contributed by atoms with van der Waals surface area (Å²) in [6.07, 6.45) is 1.61. The fourth-order valence-electron chi connectivity index (χ4n) is 3.60. The lowest BCUT2D eigenvalue weighted by Crippen LogP contribution is -2.45. The van der Waals surface area contributed by atoms with E-state index in [4.69, 9.17) is 4.74 Å². The number of nitrogens with zero attached hydrogens (tertiary/aromatic N) is 2. The van der Waals surface area contributed by atoms with Gasteiger partial charge in [0.2, 0.25) is 0 Å². The highest BCUT2D eigenvalue weighted by Crippen LogP contribution is 2.29. The Bertz CT molecular complexity index is 1050. The normalized spacial score (nSPS) is 14.8. The van der Waals surface area contributed by atoms with Crippen LogP contribution < -0.4 is 20.5 Å². The van der Waals surface area contributed by atoms with Crippen LogP contribution >= 0.6 is 0 Å². The summed E-state index contributed by atoms with van der Waals surface area (Å²) in [5, 5.41) is 3.47. The average Bonchev–Trinajstić information content (AvgIpc) is 2.74. The van der Waals surface area contributed by atoms with Crippen molar-refractivity contribution in [3.8, 4) is 5.75 Å². The van der Waals surface area contributed by atoms with Gasteiger partial charge in [-0.25, -0.2) is 4.98 Å². The quantitative estimate of drug-likeness (QED) is 0.728. The maximum Gasteiger partial charge on any atom is 0.287 e. The Labute approximate surface area is 162 Å². The minimum Gasteiger partial charge on any atom is -0.495 e. The number of anilines is 1. The molecule has 0 atom stereocenters. The Kier molecular flexibility index (Phi) is 4.97. The maximum absolute atomic E-state index is 12.6. The number of carbonyl (C=O) groups is 1. The first kappa shape index (κ1) is 18.0. The second kappa shape index (κ2) is 7.72. The van der Waals surface area contributed by atoms with E-state index in [9.17, 15) is 9.59 Å². The Hall–Kier alpha value is -3.35. The van der Waals surface area contributed by atoms with Crippen molar-refractivity contribution in [1.82, 2.24) is 15.3 Å². The van der Waals surface area contributed by atoms with Crippen molar-refractivity contribution in [3.05, 3.63) is 64.7 Å². The van der Waals surface area contributed by atoms with E-state index in [0.717, 1.165) is 37.4 Å². The van der Waals surface area contributed by atoms with Crippen LogP contribution in [-0.4, -0.2) is 42.1 Å². The summed E-state index contributed by atoms with van der Waals surface area (Å²) in [5.41, 5.74) is 1.28. The van der Waals surface area contributed by atoms with E-state index in [0.29, 0.717) is 10.9 Å². The molecule has 3 aromatic rings. The highest BCUT2D eigenvalue weighted by Gasteiger charge is 2.23. The van der Waals surface area contributed by atoms with Gasteiger partial charge in [-0.2, -0.15) is 0 Å². The van der Waals surface area contributed by atoms with Gasteiger partial charge >= 0.3 is 0 Å². The average molecular weight is 378 g/mol. The molecule has 0 bridgehead atoms. The number of H-pyrrole nitrogens is 1. The second-order valence-corrected chi connectivity index (χ2v) is 6.84. The van der Waals surface area contributed by atoms with E-state index in [1.807, 2.05) is 24.3 Å². The van der Waals surface area contributed by atoms with E-state index >= 15 is 0 Å². The number of carbonyl (C=O) groups excluding carboxylic acids is 1. The Balaban J connectivity index is 1.42. The van der Waals surface area contributed by atoms with Crippen molar-refractivity contribution in [3.63, 3.8) is 0 Å². The van der Waals surface area contributed by atoms with E-state index in [-0.39, 0.29) is 23.3 Å². The summed E-state index contributed by atoms with van der Waals surface area (Å²) in [5.74, 6) is 0.553. The van der Waals surface area contributed by atoms with Crippen LogP contribution in [0.4, 0.5) is 5.69 Å². The van der Waals surface area contributed by atoms with Crippen LogP contribution in [0.2, 0.25) is 0 Å². The van der Waals surface area contributed by atoms with Crippen LogP contribution in [0.1, 0.15) is 23.5 Å². The molecule has 0 unspecified atom stereocenters. The molecule has 1 aromatic heterocycles. The molecule has 1 fully saturated rings. The van der Waals surface area contributed by atoms with Crippen LogP contribution in [0.15, 0.2) is 53.3 Å². The number of fused-ring (bicyclic) bond motifs is 1. The summed E-state index contributed by atoms with van der Waals surface area (Å²) in [4.78, 5) is 33.9. The van der Waals surface area contributed by atoms with Gasteiger partial charge in [0.1, 0.15) is 5.75 Å². The molecule has 7 nitrogen and oxygen atoms in total. The van der Waals surface area contributed by atoms with E-state index in [1.54, 1.807) is 31.4 Å². The van der Waals surface area contributed by atoms with Crippen molar-refractivity contribution in [2.24, 2.45) is 0 Å². The molecule has 0 aliphatic carbocycles. The van der Waals surface area contributed by atoms with Gasteiger partial charge in [0.25, 0.3) is 11.5 Å². The fourth-order valence-corrected chi connectivity index (χ4v) is 3.60. The molecule has 1 aliphatic rings. The minimum atomic E-state index is -0.349. The number of rotatable bonds is 4. The number of hydrogen-bond acceptors (Lipinski definition) is 5. The van der Waals surface area contributed by atoms with Crippen LogP contribution in [-0.2, 0) is 0 Å². The van der Waals surface area contributed by atoms with E-state index in [2.05, 4.69) is 20.2 Å². The third-order valence-corrected chi connectivity index (χ3v) is 5.08. The van der Waals surface area contributed by atoms with Gasteiger partial charge in [-0.05, 0) is 37.1 Å². The molecule has 0 saturated carbocycles. The first-order valence-corrected chi connectivity index (χ1v) is 9.33. The lowest BCUT2D eigenvalue weighted by atomic mass is 10.0. The number of nitrogens with one attached hydrogen (secondary N) is 2. The van der Waals surface area contributed by atoms with Crippen LogP contribution in [0.5, 0.6) is 5.75 Å². The number of ether oxygens (including phenoxy) is 1. The second-order valence-electron chi connectivity index (χ2n) is 6.84. The maximum atomic E-state index is 12.6. The molecule has 0 spiro atoms. The van der Waals surface area contributed by atoms with E-state index < -0.39 is 0 Å². The van der Waals surface area contributed by atoms with Crippen molar-refractivity contribution < 1.29 is 9.53 Å². The standard InChI is InChI=1S/C21H22N4O3/c1-28-18-9-5-4-8-17(18)25-12-10-14(11-13-25)22-21(27)19-23-16-7-3-2-6-15(16)20(26)24-19/h2-9,14H,10-13H2,1H3,(H,22,27)(H,23,24,26). The van der Waals surface area contributed by atoms with Crippen LogP contribution in [0.3, 0.4) is 0 Å². The molecule has 7 heteroatoms. The third-order valence-electron chi connectivity index (χ3n) is 5.08. The van der Waals surface area contributed by atoms with Crippen molar-refractivity contribution in [2.75, 3.05) is 25.1 Å². The molecule has 1 amide bonds. The van der Waals surface area contributed by atoms with Gasteiger partial charge in [-0.1, -0.05) is 24.3 Å². The van der Waals surface area contributed by atoms with E-state index in [1.165, 1.54) is 0 Å².